The fraction of sp³-hybridized carbons (Fsp3) is 0.200. The number of nitrogen functional groups attached to an aromatic ring is 1. The lowest BCUT2D eigenvalue weighted by Crippen LogP contribution is -2.08. The van der Waals surface area contributed by atoms with Crippen molar-refractivity contribution in [3.8, 4) is 5.75 Å². The maximum Gasteiger partial charge on any atom is 0.151 e. The van der Waals surface area contributed by atoms with E-state index >= 15 is 0 Å². The first kappa shape index (κ1) is 14.1. The lowest BCUT2D eigenvalue weighted by atomic mass is 10.1. The van der Waals surface area contributed by atoms with E-state index in [0.717, 1.165) is 17.4 Å². The van der Waals surface area contributed by atoms with Crippen molar-refractivity contribution in [1.82, 2.24) is 0 Å². The van der Waals surface area contributed by atoms with Crippen molar-refractivity contribution < 1.29 is 13.5 Å². The van der Waals surface area contributed by atoms with Crippen LogP contribution >= 0.6 is 0 Å². The number of anilines is 2. The molecule has 5 heteroatoms. The zero-order chi connectivity index (χ0) is 14.5. The van der Waals surface area contributed by atoms with Gasteiger partial charge in [-0.3, -0.25) is 0 Å². The molecule has 0 aliphatic rings. The van der Waals surface area contributed by atoms with Gasteiger partial charge in [0, 0.05) is 12.6 Å². The largest absolute Gasteiger partial charge is 0.497 e. The SMILES string of the molecule is COc1ccc(CCNc2cc(F)cc(F)c2N)cc1. The van der Waals surface area contributed by atoms with Gasteiger partial charge in [0.25, 0.3) is 0 Å². The Morgan fingerprint density at radius 1 is 1.15 bits per heavy atom. The molecule has 106 valence electrons. The molecule has 0 fully saturated rings. The van der Waals surface area contributed by atoms with Crippen LogP contribution in [0.3, 0.4) is 0 Å². The van der Waals surface area contributed by atoms with Crippen LogP contribution in [0.5, 0.6) is 5.75 Å². The molecule has 2 aromatic rings. The number of rotatable bonds is 5. The molecule has 0 saturated heterocycles. The highest BCUT2D eigenvalue weighted by atomic mass is 19.1. The van der Waals surface area contributed by atoms with Crippen LogP contribution in [0.2, 0.25) is 0 Å². The second-order valence-corrected chi connectivity index (χ2v) is 4.37. The quantitative estimate of drug-likeness (QED) is 0.826. The van der Waals surface area contributed by atoms with Crippen LogP contribution in [0.25, 0.3) is 0 Å². The third kappa shape index (κ3) is 3.38. The van der Waals surface area contributed by atoms with Crippen LogP contribution in [0.1, 0.15) is 5.56 Å². The van der Waals surface area contributed by atoms with Crippen molar-refractivity contribution in [3.63, 3.8) is 0 Å². The first-order valence-electron chi connectivity index (χ1n) is 6.21. The van der Waals surface area contributed by atoms with Crippen molar-refractivity contribution in [1.29, 1.82) is 0 Å². The summed E-state index contributed by atoms with van der Waals surface area (Å²) in [4.78, 5) is 0. The van der Waals surface area contributed by atoms with E-state index in [2.05, 4.69) is 5.32 Å². The van der Waals surface area contributed by atoms with Gasteiger partial charge >= 0.3 is 0 Å². The van der Waals surface area contributed by atoms with Gasteiger partial charge in [0.15, 0.2) is 5.82 Å². The summed E-state index contributed by atoms with van der Waals surface area (Å²) < 4.78 is 31.4. The summed E-state index contributed by atoms with van der Waals surface area (Å²) in [5.41, 5.74) is 6.85. The highest BCUT2D eigenvalue weighted by molar-refractivity contribution is 5.66. The molecule has 0 heterocycles. The van der Waals surface area contributed by atoms with Gasteiger partial charge in [0.1, 0.15) is 11.6 Å². The van der Waals surface area contributed by atoms with Gasteiger partial charge in [-0.2, -0.15) is 0 Å². The normalized spacial score (nSPS) is 10.3. The summed E-state index contributed by atoms with van der Waals surface area (Å²) in [5.74, 6) is -0.612. The van der Waals surface area contributed by atoms with Gasteiger partial charge in [-0.25, -0.2) is 8.78 Å². The van der Waals surface area contributed by atoms with Gasteiger partial charge in [0.2, 0.25) is 0 Å². The van der Waals surface area contributed by atoms with Crippen LogP contribution in [-0.2, 0) is 6.42 Å². The number of nitrogens with two attached hydrogens (primary N) is 1. The number of hydrogen-bond acceptors (Lipinski definition) is 3. The summed E-state index contributed by atoms with van der Waals surface area (Å²) in [6.07, 6.45) is 0.710. The number of ether oxygens (including phenoxy) is 1. The number of benzene rings is 2. The summed E-state index contributed by atoms with van der Waals surface area (Å²) in [6.45, 7) is 0.527. The molecule has 0 aromatic heterocycles. The molecule has 0 amide bonds. The minimum atomic E-state index is -0.753. The van der Waals surface area contributed by atoms with Crippen molar-refractivity contribution in [3.05, 3.63) is 53.6 Å². The molecule has 0 bridgehead atoms. The van der Waals surface area contributed by atoms with E-state index in [-0.39, 0.29) is 11.4 Å². The van der Waals surface area contributed by atoms with E-state index in [1.807, 2.05) is 24.3 Å². The minimum absolute atomic E-state index is 0.0684. The first-order valence-corrected chi connectivity index (χ1v) is 6.21. The van der Waals surface area contributed by atoms with Gasteiger partial charge in [-0.1, -0.05) is 12.1 Å². The molecule has 2 aromatic carbocycles. The first-order chi connectivity index (χ1) is 9.60. The zero-order valence-corrected chi connectivity index (χ0v) is 11.1. The second-order valence-electron chi connectivity index (χ2n) is 4.37. The fourth-order valence-corrected chi connectivity index (χ4v) is 1.86. The van der Waals surface area contributed by atoms with Gasteiger partial charge in [-0.05, 0) is 30.2 Å². The lowest BCUT2D eigenvalue weighted by molar-refractivity contribution is 0.414. The topological polar surface area (TPSA) is 47.3 Å². The number of methoxy groups -OCH3 is 1. The molecular formula is C15H16F2N2O. The Labute approximate surface area is 116 Å². The van der Waals surface area contributed by atoms with Gasteiger partial charge < -0.3 is 15.8 Å². The van der Waals surface area contributed by atoms with Crippen molar-refractivity contribution >= 4 is 11.4 Å². The highest BCUT2D eigenvalue weighted by Gasteiger charge is 2.07. The van der Waals surface area contributed by atoms with Crippen LogP contribution < -0.4 is 15.8 Å². The van der Waals surface area contributed by atoms with Crippen LogP contribution in [0, 0.1) is 11.6 Å². The molecule has 2 rings (SSSR count). The average molecular weight is 278 g/mol. The molecule has 0 spiro atoms. The monoisotopic (exact) mass is 278 g/mol. The molecule has 0 radical (unpaired) electrons. The Kier molecular flexibility index (Phi) is 4.40. The van der Waals surface area contributed by atoms with Gasteiger partial charge in [0.05, 0.1) is 18.5 Å². The molecule has 0 aliphatic carbocycles. The molecular weight excluding hydrogens is 262 g/mol. The van der Waals surface area contributed by atoms with Crippen molar-refractivity contribution in [2.75, 3.05) is 24.7 Å². The predicted molar refractivity (Wildman–Crippen MR) is 76.0 cm³/mol. The van der Waals surface area contributed by atoms with E-state index in [4.69, 9.17) is 10.5 Å². The van der Waals surface area contributed by atoms with Crippen molar-refractivity contribution in [2.45, 2.75) is 6.42 Å². The molecule has 0 unspecified atom stereocenters. The second kappa shape index (κ2) is 6.23. The maximum absolute atomic E-state index is 13.3. The molecule has 3 nitrogen and oxygen atoms in total. The third-order valence-electron chi connectivity index (χ3n) is 2.98. The fourth-order valence-electron chi connectivity index (χ4n) is 1.86. The Bertz CT molecular complexity index is 585. The summed E-state index contributed by atoms with van der Waals surface area (Å²) in [7, 11) is 1.61. The average Bonchev–Trinajstić information content (AvgIpc) is 2.44. The highest BCUT2D eigenvalue weighted by Crippen LogP contribution is 2.23. The third-order valence-corrected chi connectivity index (χ3v) is 2.98. The Hall–Kier alpha value is -2.30. The smallest absolute Gasteiger partial charge is 0.151 e. The van der Waals surface area contributed by atoms with Crippen LogP contribution in [0.4, 0.5) is 20.2 Å². The van der Waals surface area contributed by atoms with E-state index in [1.165, 1.54) is 6.07 Å². The van der Waals surface area contributed by atoms with E-state index in [0.29, 0.717) is 13.0 Å². The van der Waals surface area contributed by atoms with E-state index < -0.39 is 11.6 Å². The number of nitrogens with one attached hydrogen (secondary N) is 1. The minimum Gasteiger partial charge on any atom is -0.497 e. The summed E-state index contributed by atoms with van der Waals surface area (Å²) in [5, 5.41) is 2.94. The lowest BCUT2D eigenvalue weighted by Gasteiger charge is -2.10. The molecule has 0 saturated carbocycles. The Balaban J connectivity index is 1.95. The zero-order valence-electron chi connectivity index (χ0n) is 11.1. The van der Waals surface area contributed by atoms with E-state index in [1.54, 1.807) is 7.11 Å². The predicted octanol–water partition coefficient (Wildman–Crippen LogP) is 3.21. The maximum atomic E-state index is 13.3. The number of halogens is 2. The Morgan fingerprint density at radius 2 is 1.85 bits per heavy atom. The van der Waals surface area contributed by atoms with E-state index in [9.17, 15) is 8.78 Å². The molecule has 20 heavy (non-hydrogen) atoms. The molecule has 0 atom stereocenters. The number of hydrogen-bond donors (Lipinski definition) is 2. The van der Waals surface area contributed by atoms with Gasteiger partial charge in [-0.15, -0.1) is 0 Å². The summed E-state index contributed by atoms with van der Waals surface area (Å²) >= 11 is 0. The summed E-state index contributed by atoms with van der Waals surface area (Å²) in [6, 6.07) is 9.57. The molecule has 0 aliphatic heterocycles. The Morgan fingerprint density at radius 3 is 2.50 bits per heavy atom. The van der Waals surface area contributed by atoms with Crippen molar-refractivity contribution in [2.24, 2.45) is 0 Å². The van der Waals surface area contributed by atoms with Crippen LogP contribution in [0.15, 0.2) is 36.4 Å². The van der Waals surface area contributed by atoms with Crippen LogP contribution in [-0.4, -0.2) is 13.7 Å². The molecule has 3 N–H and O–H groups in total. The standard InChI is InChI=1S/C15H16F2N2O/c1-20-12-4-2-10(3-5-12)6-7-19-14-9-11(16)8-13(17)15(14)18/h2-5,8-9,19H,6-7,18H2,1H3.